The Bertz CT molecular complexity index is 338. The molecule has 5 nitrogen and oxygen atoms in total. The van der Waals surface area contributed by atoms with E-state index in [-0.39, 0.29) is 19.2 Å². The van der Waals surface area contributed by atoms with Gasteiger partial charge in [0.05, 0.1) is 13.2 Å². The van der Waals surface area contributed by atoms with Crippen molar-refractivity contribution >= 4 is 11.7 Å². The summed E-state index contributed by atoms with van der Waals surface area (Å²) in [7, 11) is 0. The molecule has 1 aromatic rings. The van der Waals surface area contributed by atoms with Gasteiger partial charge in [-0.1, -0.05) is 12.1 Å². The van der Waals surface area contributed by atoms with Gasteiger partial charge in [-0.3, -0.25) is 0 Å². The number of nitrogens with one attached hydrogen (secondary N) is 2. The van der Waals surface area contributed by atoms with Crippen LogP contribution in [-0.4, -0.2) is 30.9 Å². The molecular formula is C12H18N2O3. The Labute approximate surface area is 101 Å². The summed E-state index contributed by atoms with van der Waals surface area (Å²) >= 11 is 0. The lowest BCUT2D eigenvalue weighted by atomic mass is 10.2. The van der Waals surface area contributed by atoms with E-state index in [0.717, 1.165) is 5.56 Å². The summed E-state index contributed by atoms with van der Waals surface area (Å²) in [6.07, 6.45) is 0. The van der Waals surface area contributed by atoms with Crippen LogP contribution < -0.4 is 10.6 Å². The van der Waals surface area contributed by atoms with Gasteiger partial charge in [0.25, 0.3) is 0 Å². The van der Waals surface area contributed by atoms with Crippen molar-refractivity contribution in [3.63, 3.8) is 0 Å². The first-order valence-electron chi connectivity index (χ1n) is 5.58. The third kappa shape index (κ3) is 5.33. The number of rotatable bonds is 6. The number of carbonyl (C=O) groups excluding carboxylic acids is 1. The molecule has 94 valence electrons. The van der Waals surface area contributed by atoms with Gasteiger partial charge in [-0.2, -0.15) is 0 Å². The minimum Gasteiger partial charge on any atom is -0.395 e. The van der Waals surface area contributed by atoms with E-state index in [1.165, 1.54) is 0 Å². The molecule has 0 aliphatic carbocycles. The molecule has 17 heavy (non-hydrogen) atoms. The van der Waals surface area contributed by atoms with Crippen LogP contribution in [0.3, 0.4) is 0 Å². The molecule has 2 amide bonds. The van der Waals surface area contributed by atoms with E-state index < -0.39 is 0 Å². The molecule has 0 aliphatic rings. The number of carbonyl (C=O) groups is 1. The summed E-state index contributed by atoms with van der Waals surface area (Å²) in [5.74, 6) is 0. The molecule has 0 aliphatic heterocycles. The van der Waals surface area contributed by atoms with Gasteiger partial charge in [0.15, 0.2) is 0 Å². The van der Waals surface area contributed by atoms with Crippen molar-refractivity contribution in [1.29, 1.82) is 0 Å². The van der Waals surface area contributed by atoms with Gasteiger partial charge in [-0.25, -0.2) is 4.79 Å². The van der Waals surface area contributed by atoms with Crippen molar-refractivity contribution in [3.8, 4) is 0 Å². The highest BCUT2D eigenvalue weighted by atomic mass is 16.5. The van der Waals surface area contributed by atoms with Gasteiger partial charge in [0, 0.05) is 18.8 Å². The Hall–Kier alpha value is -1.59. The number of hydrogen-bond acceptors (Lipinski definition) is 3. The Morgan fingerprint density at radius 2 is 2.06 bits per heavy atom. The summed E-state index contributed by atoms with van der Waals surface area (Å²) in [6, 6.07) is 7.10. The molecule has 0 saturated heterocycles. The zero-order valence-corrected chi connectivity index (χ0v) is 9.90. The molecule has 1 rings (SSSR count). The van der Waals surface area contributed by atoms with Crippen molar-refractivity contribution in [3.05, 3.63) is 29.8 Å². The second kappa shape index (κ2) is 7.65. The first kappa shape index (κ1) is 13.5. The highest BCUT2D eigenvalue weighted by Gasteiger charge is 2.00. The van der Waals surface area contributed by atoms with Gasteiger partial charge >= 0.3 is 6.03 Å². The Balaban J connectivity index is 2.42. The fourth-order valence-corrected chi connectivity index (χ4v) is 1.25. The highest BCUT2D eigenvalue weighted by Crippen LogP contribution is 2.10. The number of hydrogen-bond donors (Lipinski definition) is 3. The standard InChI is InChI=1S/C12H18N2O3/c1-2-17-9-10-3-5-11(6-4-10)14-12(16)13-7-8-15/h3-6,15H,2,7-9H2,1H3,(H2,13,14,16). The maximum atomic E-state index is 11.3. The van der Waals surface area contributed by atoms with Gasteiger partial charge < -0.3 is 20.5 Å². The SMILES string of the molecule is CCOCc1ccc(NC(=O)NCCO)cc1. The average Bonchev–Trinajstić information content (AvgIpc) is 2.35. The minimum atomic E-state index is -0.323. The maximum absolute atomic E-state index is 11.3. The van der Waals surface area contributed by atoms with Crippen LogP contribution in [0.15, 0.2) is 24.3 Å². The topological polar surface area (TPSA) is 70.6 Å². The summed E-state index contributed by atoms with van der Waals surface area (Å²) in [6.45, 7) is 3.38. The molecule has 5 heteroatoms. The number of anilines is 1. The average molecular weight is 238 g/mol. The zero-order chi connectivity index (χ0) is 12.5. The summed E-state index contributed by atoms with van der Waals surface area (Å²) in [5, 5.41) is 13.7. The molecule has 0 saturated carbocycles. The molecule has 0 bridgehead atoms. The number of ether oxygens (including phenoxy) is 1. The summed E-state index contributed by atoms with van der Waals surface area (Å²) < 4.78 is 5.27. The van der Waals surface area contributed by atoms with Crippen molar-refractivity contribution in [2.24, 2.45) is 0 Å². The van der Waals surface area contributed by atoms with E-state index in [1.54, 1.807) is 0 Å². The molecule has 0 aromatic heterocycles. The van der Waals surface area contributed by atoms with E-state index in [0.29, 0.717) is 18.9 Å². The number of amides is 2. The maximum Gasteiger partial charge on any atom is 0.319 e. The van der Waals surface area contributed by atoms with Gasteiger partial charge in [0.1, 0.15) is 0 Å². The number of benzene rings is 1. The van der Waals surface area contributed by atoms with Gasteiger partial charge in [-0.15, -0.1) is 0 Å². The van der Waals surface area contributed by atoms with Crippen LogP contribution >= 0.6 is 0 Å². The number of urea groups is 1. The fourth-order valence-electron chi connectivity index (χ4n) is 1.25. The number of aliphatic hydroxyl groups is 1. The minimum absolute atomic E-state index is 0.0687. The quantitative estimate of drug-likeness (QED) is 0.700. The van der Waals surface area contributed by atoms with Crippen LogP contribution in [0, 0.1) is 0 Å². The lowest BCUT2D eigenvalue weighted by Crippen LogP contribution is -2.30. The van der Waals surface area contributed by atoms with E-state index in [1.807, 2.05) is 31.2 Å². The van der Waals surface area contributed by atoms with Crippen LogP contribution in [0.2, 0.25) is 0 Å². The first-order valence-corrected chi connectivity index (χ1v) is 5.58. The van der Waals surface area contributed by atoms with E-state index >= 15 is 0 Å². The highest BCUT2D eigenvalue weighted by molar-refractivity contribution is 5.89. The summed E-state index contributed by atoms with van der Waals surface area (Å²) in [5.41, 5.74) is 1.77. The number of aliphatic hydroxyl groups excluding tert-OH is 1. The molecule has 0 unspecified atom stereocenters. The normalized spacial score (nSPS) is 10.0. The molecule has 3 N–H and O–H groups in total. The lowest BCUT2D eigenvalue weighted by molar-refractivity contribution is 0.134. The Morgan fingerprint density at radius 3 is 2.65 bits per heavy atom. The summed E-state index contributed by atoms with van der Waals surface area (Å²) in [4.78, 5) is 11.3. The van der Waals surface area contributed by atoms with Crippen molar-refractivity contribution < 1.29 is 14.6 Å². The van der Waals surface area contributed by atoms with E-state index in [4.69, 9.17) is 9.84 Å². The van der Waals surface area contributed by atoms with Crippen molar-refractivity contribution in [1.82, 2.24) is 5.32 Å². The molecule has 0 spiro atoms. The molecule has 0 radical (unpaired) electrons. The van der Waals surface area contributed by atoms with Crippen LogP contribution in [0.25, 0.3) is 0 Å². The largest absolute Gasteiger partial charge is 0.395 e. The second-order valence-corrected chi connectivity index (χ2v) is 3.44. The van der Waals surface area contributed by atoms with Crippen LogP contribution in [0.5, 0.6) is 0 Å². The first-order chi connectivity index (χ1) is 8.26. The predicted molar refractivity (Wildman–Crippen MR) is 65.9 cm³/mol. The van der Waals surface area contributed by atoms with E-state index in [2.05, 4.69) is 10.6 Å². The Morgan fingerprint density at radius 1 is 1.35 bits per heavy atom. The third-order valence-electron chi connectivity index (χ3n) is 2.08. The van der Waals surface area contributed by atoms with Crippen LogP contribution in [0.1, 0.15) is 12.5 Å². The predicted octanol–water partition coefficient (Wildman–Crippen LogP) is 1.34. The molecule has 0 fully saturated rings. The van der Waals surface area contributed by atoms with Gasteiger partial charge in [0.2, 0.25) is 0 Å². The molecule has 0 atom stereocenters. The zero-order valence-electron chi connectivity index (χ0n) is 9.90. The van der Waals surface area contributed by atoms with Crippen LogP contribution in [0.4, 0.5) is 10.5 Å². The van der Waals surface area contributed by atoms with Crippen LogP contribution in [-0.2, 0) is 11.3 Å². The molecule has 1 aromatic carbocycles. The molecule has 0 heterocycles. The fraction of sp³-hybridized carbons (Fsp3) is 0.417. The van der Waals surface area contributed by atoms with Crippen molar-refractivity contribution in [2.75, 3.05) is 25.1 Å². The third-order valence-corrected chi connectivity index (χ3v) is 2.08. The van der Waals surface area contributed by atoms with E-state index in [9.17, 15) is 4.79 Å². The Kier molecular flexibility index (Phi) is 6.06. The lowest BCUT2D eigenvalue weighted by Gasteiger charge is -2.07. The van der Waals surface area contributed by atoms with Gasteiger partial charge in [-0.05, 0) is 24.6 Å². The second-order valence-electron chi connectivity index (χ2n) is 3.44. The van der Waals surface area contributed by atoms with Crippen molar-refractivity contribution in [2.45, 2.75) is 13.5 Å². The smallest absolute Gasteiger partial charge is 0.319 e. The molecular weight excluding hydrogens is 220 g/mol. The monoisotopic (exact) mass is 238 g/mol.